The molecule has 8 nitrogen and oxygen atoms in total. The normalized spacial score (nSPS) is 16.9. The minimum absolute atomic E-state index is 0.0268. The fraction of sp³-hybridized carbons (Fsp3) is 0.304. The van der Waals surface area contributed by atoms with Gasteiger partial charge in [0.1, 0.15) is 21.3 Å². The third kappa shape index (κ3) is 4.77. The average molecular weight is 507 g/mol. The zero-order valence-corrected chi connectivity index (χ0v) is 20.2. The number of amides is 1. The maximum absolute atomic E-state index is 13.8. The number of ether oxygens (including phenoxy) is 2. The van der Waals surface area contributed by atoms with Crippen LogP contribution in [0.1, 0.15) is 22.5 Å². The monoisotopic (exact) mass is 506 g/mol. The van der Waals surface area contributed by atoms with E-state index in [1.165, 1.54) is 35.9 Å². The third-order valence-electron chi connectivity index (χ3n) is 5.67. The van der Waals surface area contributed by atoms with Gasteiger partial charge in [0.05, 0.1) is 20.1 Å². The van der Waals surface area contributed by atoms with E-state index in [0.29, 0.717) is 23.4 Å². The number of thiophene rings is 1. The Hall–Kier alpha value is -3.02. The Bertz CT molecular complexity index is 1350. The first-order chi connectivity index (χ1) is 16.2. The molecule has 1 aliphatic rings. The Kier molecular flexibility index (Phi) is 6.87. The van der Waals surface area contributed by atoms with Gasteiger partial charge in [0.15, 0.2) is 0 Å². The quantitative estimate of drug-likeness (QED) is 0.509. The number of benzene rings is 2. The molecule has 1 atom stereocenters. The van der Waals surface area contributed by atoms with Crippen molar-refractivity contribution in [1.82, 2.24) is 4.31 Å². The highest BCUT2D eigenvalue weighted by molar-refractivity contribution is 7.89. The first-order valence-electron chi connectivity index (χ1n) is 10.5. The zero-order chi connectivity index (χ0) is 24.5. The van der Waals surface area contributed by atoms with Crippen LogP contribution < -0.4 is 10.1 Å². The molecule has 4 rings (SSSR count). The molecule has 1 amide bonds. The number of piperidine rings is 1. The average Bonchev–Trinajstić information content (AvgIpc) is 3.27. The van der Waals surface area contributed by atoms with Crippen LogP contribution in [0.15, 0.2) is 47.4 Å². The molecule has 1 aliphatic heterocycles. The number of nitrogens with one attached hydrogen (secondary N) is 1. The van der Waals surface area contributed by atoms with E-state index in [1.807, 2.05) is 0 Å². The lowest BCUT2D eigenvalue weighted by molar-refractivity contribution is -0.120. The molecule has 0 spiro atoms. The number of rotatable bonds is 6. The van der Waals surface area contributed by atoms with Crippen LogP contribution in [0.25, 0.3) is 10.1 Å². The molecule has 3 aromatic rings. The lowest BCUT2D eigenvalue weighted by Crippen LogP contribution is -2.43. The number of anilines is 1. The zero-order valence-electron chi connectivity index (χ0n) is 18.5. The van der Waals surface area contributed by atoms with Gasteiger partial charge in [-0.05, 0) is 60.7 Å². The fourth-order valence-corrected chi connectivity index (χ4v) is 6.58. The lowest BCUT2D eigenvalue weighted by Gasteiger charge is -2.31. The molecule has 0 aliphatic carbocycles. The Morgan fingerprint density at radius 2 is 1.94 bits per heavy atom. The largest absolute Gasteiger partial charge is 0.495 e. The number of carbonyl (C=O) groups excluding carboxylic acids is 2. The summed E-state index contributed by atoms with van der Waals surface area (Å²) in [7, 11) is -1.42. The molecule has 1 fully saturated rings. The van der Waals surface area contributed by atoms with E-state index in [1.54, 1.807) is 24.3 Å². The number of hydrogen-bond donors (Lipinski definition) is 1. The first kappa shape index (κ1) is 24.1. The minimum atomic E-state index is -4.06. The van der Waals surface area contributed by atoms with Crippen molar-refractivity contribution in [2.24, 2.45) is 5.92 Å². The van der Waals surface area contributed by atoms with E-state index in [0.717, 1.165) is 22.2 Å². The Labute approximate surface area is 200 Å². The molecule has 0 saturated carbocycles. The molecule has 1 aromatic heterocycles. The maximum Gasteiger partial charge on any atom is 0.348 e. The van der Waals surface area contributed by atoms with Crippen LogP contribution in [-0.4, -0.2) is 51.9 Å². The summed E-state index contributed by atoms with van der Waals surface area (Å²) in [6, 6.07) is 10.3. The van der Waals surface area contributed by atoms with Crippen LogP contribution in [0.2, 0.25) is 0 Å². The standard InChI is InChI=1S/C23H23FN2O6S2/c1-31-18-7-5-16(24)12-21(18)34(29,30)26-9-3-4-14(13-26)22(27)25-17-6-8-19-15(10-17)11-20(33-19)23(28)32-2/h5-8,10-12,14H,3-4,9,13H2,1-2H3,(H,25,27). The van der Waals surface area contributed by atoms with Crippen molar-refractivity contribution in [3.8, 4) is 5.75 Å². The summed E-state index contributed by atoms with van der Waals surface area (Å²) in [5, 5.41) is 3.63. The Morgan fingerprint density at radius 1 is 1.15 bits per heavy atom. The predicted molar refractivity (Wildman–Crippen MR) is 126 cm³/mol. The number of esters is 1. The number of carbonyl (C=O) groups is 2. The number of nitrogens with zero attached hydrogens (tertiary/aromatic N) is 1. The van der Waals surface area contributed by atoms with Gasteiger partial charge < -0.3 is 14.8 Å². The highest BCUT2D eigenvalue weighted by Crippen LogP contribution is 2.32. The number of methoxy groups -OCH3 is 2. The van der Waals surface area contributed by atoms with Crippen LogP contribution in [0.5, 0.6) is 5.75 Å². The smallest absolute Gasteiger partial charge is 0.348 e. The molecule has 34 heavy (non-hydrogen) atoms. The van der Waals surface area contributed by atoms with Gasteiger partial charge in [-0.25, -0.2) is 17.6 Å². The third-order valence-corrected chi connectivity index (χ3v) is 8.65. The van der Waals surface area contributed by atoms with Gasteiger partial charge in [0.2, 0.25) is 15.9 Å². The maximum atomic E-state index is 13.8. The summed E-state index contributed by atoms with van der Waals surface area (Å²) >= 11 is 1.29. The highest BCUT2D eigenvalue weighted by Gasteiger charge is 2.35. The summed E-state index contributed by atoms with van der Waals surface area (Å²) in [6.07, 6.45) is 1.01. The van der Waals surface area contributed by atoms with Gasteiger partial charge in [-0.3, -0.25) is 4.79 Å². The fourth-order valence-electron chi connectivity index (χ4n) is 3.93. The van der Waals surface area contributed by atoms with Crippen LogP contribution in [0.4, 0.5) is 10.1 Å². The van der Waals surface area contributed by atoms with E-state index in [2.05, 4.69) is 5.32 Å². The number of halogens is 1. The van der Waals surface area contributed by atoms with Crippen LogP contribution >= 0.6 is 11.3 Å². The Balaban J connectivity index is 1.50. The van der Waals surface area contributed by atoms with Gasteiger partial charge >= 0.3 is 5.97 Å². The lowest BCUT2D eigenvalue weighted by atomic mass is 9.98. The van der Waals surface area contributed by atoms with Gasteiger partial charge in [-0.1, -0.05) is 0 Å². The van der Waals surface area contributed by atoms with E-state index >= 15 is 0 Å². The van der Waals surface area contributed by atoms with E-state index in [9.17, 15) is 22.4 Å². The first-order valence-corrected chi connectivity index (χ1v) is 12.7. The van der Waals surface area contributed by atoms with Crippen LogP contribution in [0.3, 0.4) is 0 Å². The summed E-state index contributed by atoms with van der Waals surface area (Å²) < 4.78 is 52.1. The summed E-state index contributed by atoms with van der Waals surface area (Å²) in [5.74, 6) is -1.96. The highest BCUT2D eigenvalue weighted by atomic mass is 32.2. The molecule has 11 heteroatoms. The SMILES string of the molecule is COC(=O)c1cc2cc(NC(=O)C3CCCN(S(=O)(=O)c4cc(F)ccc4OC)C3)ccc2s1. The molecule has 0 radical (unpaired) electrons. The van der Waals surface area contributed by atoms with Gasteiger partial charge in [0, 0.05) is 23.5 Å². The molecule has 2 aromatic carbocycles. The van der Waals surface area contributed by atoms with Crippen molar-refractivity contribution in [3.05, 3.63) is 53.2 Å². The van der Waals surface area contributed by atoms with Crippen molar-refractivity contribution in [1.29, 1.82) is 0 Å². The number of fused-ring (bicyclic) bond motifs is 1. The second-order valence-electron chi connectivity index (χ2n) is 7.84. The molecular weight excluding hydrogens is 483 g/mol. The summed E-state index contributed by atoms with van der Waals surface area (Å²) in [5.41, 5.74) is 0.540. The summed E-state index contributed by atoms with van der Waals surface area (Å²) in [4.78, 5) is 24.9. The van der Waals surface area contributed by atoms with Crippen molar-refractivity contribution in [2.75, 3.05) is 32.6 Å². The number of hydrogen-bond acceptors (Lipinski definition) is 7. The van der Waals surface area contributed by atoms with Crippen molar-refractivity contribution in [3.63, 3.8) is 0 Å². The summed E-state index contributed by atoms with van der Waals surface area (Å²) in [6.45, 7) is 0.198. The van der Waals surface area contributed by atoms with Gasteiger partial charge in [0.25, 0.3) is 0 Å². The van der Waals surface area contributed by atoms with Crippen molar-refractivity contribution < 1.29 is 31.9 Å². The molecular formula is C23H23FN2O6S2. The van der Waals surface area contributed by atoms with Crippen molar-refractivity contribution in [2.45, 2.75) is 17.7 Å². The second-order valence-corrected chi connectivity index (χ2v) is 10.8. The second kappa shape index (κ2) is 9.69. The van der Waals surface area contributed by atoms with E-state index in [4.69, 9.17) is 9.47 Å². The van der Waals surface area contributed by atoms with Crippen LogP contribution in [0, 0.1) is 11.7 Å². The molecule has 0 bridgehead atoms. The van der Waals surface area contributed by atoms with E-state index < -0.39 is 27.7 Å². The topological polar surface area (TPSA) is 102 Å². The Morgan fingerprint density at radius 3 is 2.68 bits per heavy atom. The minimum Gasteiger partial charge on any atom is -0.495 e. The molecule has 1 saturated heterocycles. The predicted octanol–water partition coefficient (Wildman–Crippen LogP) is 3.88. The molecule has 180 valence electrons. The number of sulfonamides is 1. The van der Waals surface area contributed by atoms with Crippen LogP contribution in [-0.2, 0) is 19.6 Å². The van der Waals surface area contributed by atoms with E-state index in [-0.39, 0.29) is 29.6 Å². The molecule has 1 N–H and O–H groups in total. The van der Waals surface area contributed by atoms with Gasteiger partial charge in [-0.2, -0.15) is 4.31 Å². The molecule has 2 heterocycles. The molecule has 1 unspecified atom stereocenters. The van der Waals surface area contributed by atoms with Gasteiger partial charge in [-0.15, -0.1) is 11.3 Å². The van der Waals surface area contributed by atoms with Crippen molar-refractivity contribution >= 4 is 49.0 Å².